The molecule has 0 nitrogen and oxygen atoms in total. The highest BCUT2D eigenvalue weighted by Crippen LogP contribution is 2.30. The van der Waals surface area contributed by atoms with Crippen LogP contribution >= 0.6 is 25.3 Å². The predicted octanol–water partition coefficient (Wildman–Crippen LogP) is 5.83. The van der Waals surface area contributed by atoms with E-state index in [4.69, 9.17) is 12.6 Å². The van der Waals surface area contributed by atoms with Gasteiger partial charge in [0.15, 0.2) is 0 Å². The maximum Gasteiger partial charge on any atom is 0.0972 e. The summed E-state index contributed by atoms with van der Waals surface area (Å²) in [7, 11) is 0. The minimum absolute atomic E-state index is 0.258. The van der Waals surface area contributed by atoms with Crippen LogP contribution in [0, 0.1) is 17.8 Å². The topological polar surface area (TPSA) is 0 Å². The average Bonchev–Trinajstić information content (AvgIpc) is 2.37. The third kappa shape index (κ3) is 7.89. The van der Waals surface area contributed by atoms with Crippen LogP contribution in [0.15, 0.2) is 0 Å². The molecule has 18 heavy (non-hydrogen) atoms. The summed E-state index contributed by atoms with van der Waals surface area (Å²) in [6, 6.07) is 0. The van der Waals surface area contributed by atoms with E-state index < -0.39 is 0 Å². The Kier molecular flexibility index (Phi) is 10.7. The van der Waals surface area contributed by atoms with E-state index in [1.807, 2.05) is 0 Å². The lowest BCUT2D eigenvalue weighted by molar-refractivity contribution is 0.382. The lowest BCUT2D eigenvalue weighted by Gasteiger charge is -2.29. The molecule has 0 aromatic rings. The van der Waals surface area contributed by atoms with Gasteiger partial charge in [0.2, 0.25) is 0 Å². The van der Waals surface area contributed by atoms with Crippen molar-refractivity contribution in [2.24, 2.45) is 11.3 Å². The molecule has 2 heteroatoms. The first-order valence-electron chi connectivity index (χ1n) is 7.60. The first-order valence-corrected chi connectivity index (χ1v) is 8.75. The van der Waals surface area contributed by atoms with Gasteiger partial charge in [0.05, 0.1) is 18.8 Å². The van der Waals surface area contributed by atoms with Crippen LogP contribution in [-0.4, -0.2) is 11.0 Å². The molecule has 1 atom stereocenters. The number of hydrogen-bond acceptors (Lipinski definition) is 2. The van der Waals surface area contributed by atoms with E-state index in [9.17, 15) is 0 Å². The largest absolute Gasteiger partial charge is 0.179 e. The summed E-state index contributed by atoms with van der Waals surface area (Å²) in [5, 5.41) is 0.484. The monoisotopic (exact) mass is 289 g/mol. The highest BCUT2D eigenvalue weighted by molar-refractivity contribution is 7.81. The Labute approximate surface area is 127 Å². The molecule has 0 saturated heterocycles. The molecule has 108 valence electrons. The first-order chi connectivity index (χ1) is 8.47. The zero-order valence-electron chi connectivity index (χ0n) is 12.8. The number of thiol groups is 2. The molecule has 0 aromatic heterocycles. The van der Waals surface area contributed by atoms with Crippen molar-refractivity contribution in [3.8, 4) is 0 Å². The molecular formula is C16H33S2+. The van der Waals surface area contributed by atoms with Gasteiger partial charge in [-0.05, 0) is 43.3 Å². The number of unbranched alkanes of at least 4 members (excludes halogenated alkanes) is 3. The average molecular weight is 290 g/mol. The van der Waals surface area contributed by atoms with Gasteiger partial charge in [-0.15, -0.1) is 0 Å². The molecular weight excluding hydrogens is 256 g/mol. The van der Waals surface area contributed by atoms with Crippen LogP contribution in [0.4, 0.5) is 0 Å². The summed E-state index contributed by atoms with van der Waals surface area (Å²) in [5.41, 5.74) is 0.258. The van der Waals surface area contributed by atoms with Crippen LogP contribution in [0.5, 0.6) is 0 Å². The zero-order chi connectivity index (χ0) is 14.0. The predicted molar refractivity (Wildman–Crippen MR) is 91.9 cm³/mol. The van der Waals surface area contributed by atoms with E-state index in [0.29, 0.717) is 5.25 Å². The molecule has 0 amide bonds. The molecule has 1 unspecified atom stereocenters. The second kappa shape index (κ2) is 10.4. The van der Waals surface area contributed by atoms with Crippen LogP contribution in [0.3, 0.4) is 0 Å². The molecule has 0 N–H and O–H groups in total. The standard InChI is InChI=1S/C16H32S2/c1-5-14(6-2)11-9-7-8-10-12-15(18)16(3,4)13-17/h11,14-15H,5-10,12-13H2,1-4H3,(H-,17,18)/p+1. The van der Waals surface area contributed by atoms with E-state index in [2.05, 4.69) is 46.7 Å². The van der Waals surface area contributed by atoms with Gasteiger partial charge >= 0.3 is 0 Å². The number of hydrogen-bond donors (Lipinski definition) is 2. The van der Waals surface area contributed by atoms with Crippen molar-refractivity contribution in [2.75, 3.05) is 5.75 Å². The van der Waals surface area contributed by atoms with E-state index >= 15 is 0 Å². The van der Waals surface area contributed by atoms with E-state index in [0.717, 1.165) is 11.7 Å². The van der Waals surface area contributed by atoms with Crippen molar-refractivity contribution in [3.63, 3.8) is 0 Å². The Balaban J connectivity index is 3.51. The van der Waals surface area contributed by atoms with Gasteiger partial charge in [0, 0.05) is 5.25 Å². The quantitative estimate of drug-likeness (QED) is 0.267. The van der Waals surface area contributed by atoms with Crippen molar-refractivity contribution in [3.05, 3.63) is 6.42 Å². The molecule has 0 spiro atoms. The van der Waals surface area contributed by atoms with Crippen molar-refractivity contribution in [1.82, 2.24) is 0 Å². The van der Waals surface area contributed by atoms with E-state index in [1.165, 1.54) is 44.9 Å². The normalized spacial score (nSPS) is 13.9. The van der Waals surface area contributed by atoms with Crippen molar-refractivity contribution in [2.45, 2.75) is 77.9 Å². The molecule has 0 rings (SSSR count). The molecule has 0 aliphatic rings. The Morgan fingerprint density at radius 2 is 1.67 bits per heavy atom. The summed E-state index contributed by atoms with van der Waals surface area (Å²) >= 11 is 9.13. The van der Waals surface area contributed by atoms with Crippen molar-refractivity contribution < 1.29 is 0 Å². The van der Waals surface area contributed by atoms with Crippen LogP contribution in [0.1, 0.15) is 72.6 Å². The Morgan fingerprint density at radius 1 is 1.06 bits per heavy atom. The van der Waals surface area contributed by atoms with E-state index in [-0.39, 0.29) is 5.41 Å². The first kappa shape index (κ1) is 18.6. The van der Waals surface area contributed by atoms with E-state index in [1.54, 1.807) is 0 Å². The Morgan fingerprint density at radius 3 is 2.17 bits per heavy atom. The second-order valence-electron chi connectivity index (χ2n) is 6.11. The van der Waals surface area contributed by atoms with Gasteiger partial charge in [-0.25, -0.2) is 0 Å². The fourth-order valence-electron chi connectivity index (χ4n) is 2.13. The second-order valence-corrected chi connectivity index (χ2v) is 7.05. The maximum atomic E-state index is 4.72. The zero-order valence-corrected chi connectivity index (χ0v) is 14.6. The lowest BCUT2D eigenvalue weighted by atomic mass is 9.88. The third-order valence-electron chi connectivity index (χ3n) is 4.04. The summed E-state index contributed by atoms with van der Waals surface area (Å²) in [6.45, 7) is 9.10. The molecule has 0 fully saturated rings. The van der Waals surface area contributed by atoms with Gasteiger partial charge < -0.3 is 0 Å². The minimum atomic E-state index is 0.258. The van der Waals surface area contributed by atoms with Gasteiger partial charge in [0.1, 0.15) is 0 Å². The molecule has 0 heterocycles. The Hall–Kier alpha value is 0.570. The lowest BCUT2D eigenvalue weighted by Crippen LogP contribution is -2.26. The van der Waals surface area contributed by atoms with Gasteiger partial charge in [-0.3, -0.25) is 0 Å². The molecule has 0 aliphatic carbocycles. The fraction of sp³-hybridized carbons (Fsp3) is 0.938. The molecule has 0 bridgehead atoms. The van der Waals surface area contributed by atoms with Crippen molar-refractivity contribution >= 4 is 25.3 Å². The maximum absolute atomic E-state index is 4.72. The van der Waals surface area contributed by atoms with Crippen LogP contribution < -0.4 is 0 Å². The van der Waals surface area contributed by atoms with Crippen LogP contribution in [-0.2, 0) is 0 Å². The SMILES string of the molecule is CCC([CH+]CCCCCC(S)C(C)(C)CS)CC. The van der Waals surface area contributed by atoms with Gasteiger partial charge in [-0.1, -0.05) is 34.1 Å². The molecule has 0 radical (unpaired) electrons. The fourth-order valence-corrected chi connectivity index (χ4v) is 2.77. The molecule has 0 saturated carbocycles. The molecule has 0 aromatic carbocycles. The van der Waals surface area contributed by atoms with Gasteiger partial charge in [0.25, 0.3) is 0 Å². The Bertz CT molecular complexity index is 186. The van der Waals surface area contributed by atoms with Crippen LogP contribution in [0.25, 0.3) is 0 Å². The van der Waals surface area contributed by atoms with Crippen LogP contribution in [0.2, 0.25) is 0 Å². The summed E-state index contributed by atoms with van der Waals surface area (Å²) in [5.74, 6) is 1.76. The summed E-state index contributed by atoms with van der Waals surface area (Å²) < 4.78 is 0. The smallest absolute Gasteiger partial charge is 0.0972 e. The van der Waals surface area contributed by atoms with Crippen molar-refractivity contribution in [1.29, 1.82) is 0 Å². The summed E-state index contributed by atoms with van der Waals surface area (Å²) in [4.78, 5) is 0. The van der Waals surface area contributed by atoms with Gasteiger partial charge in [-0.2, -0.15) is 25.3 Å². The highest BCUT2D eigenvalue weighted by Gasteiger charge is 2.24. The third-order valence-corrected chi connectivity index (χ3v) is 5.81. The minimum Gasteiger partial charge on any atom is -0.179 e. The number of rotatable bonds is 11. The summed E-state index contributed by atoms with van der Waals surface area (Å²) in [6.07, 6.45) is 11.6. The molecule has 0 aliphatic heterocycles. The highest BCUT2D eigenvalue weighted by atomic mass is 32.1.